The molecular formula is C48H57N5O6S. The molecule has 3 aromatic carbocycles. The SMILES string of the molecule is Cc1c(OCCCCC2CCN(C(=O)OC(C)(C)C)CC2)cccc1-c1c(C(C)(C)C)cc(N2CCc3cccc(C(=O)Nc4nc5ccccc5s4)c3C2)nc1C(=O)O. The number of ether oxygens (including phenoxy) is 2. The number of carbonyl (C=O) groups is 3. The Kier molecular flexibility index (Phi) is 12.5. The number of hydrogen-bond donors (Lipinski definition) is 2. The van der Waals surface area contributed by atoms with E-state index in [0.717, 1.165) is 89.0 Å². The predicted molar refractivity (Wildman–Crippen MR) is 239 cm³/mol. The van der Waals surface area contributed by atoms with Gasteiger partial charge in [-0.1, -0.05) is 74.9 Å². The molecule has 2 N–H and O–H groups in total. The second-order valence-electron chi connectivity index (χ2n) is 18.0. The molecule has 0 radical (unpaired) electrons. The zero-order chi connectivity index (χ0) is 42.8. The standard InChI is InChI=1S/C48H57N5O6S/c1-30-33(16-13-19-38(30)58-27-11-10-14-31-21-24-52(25-22-31)46(57)59-48(5,6)7)41-36(47(2,3)4)28-40(50-42(41)44(55)56)53-26-23-32-15-12-17-34(35(32)29-53)43(54)51-45-49-37-18-8-9-20-39(37)60-45/h8-9,12-13,15-20,28,31H,10-11,14,21-27,29H2,1-7H3,(H,55,56)(H,49,51,54). The van der Waals surface area contributed by atoms with Gasteiger partial charge >= 0.3 is 12.1 Å². The van der Waals surface area contributed by atoms with Crippen LogP contribution in [0.3, 0.4) is 0 Å². The van der Waals surface area contributed by atoms with Crippen LogP contribution in [0.25, 0.3) is 21.3 Å². The molecule has 12 heteroatoms. The third-order valence-corrected chi connectivity index (χ3v) is 12.4. The summed E-state index contributed by atoms with van der Waals surface area (Å²) < 4.78 is 12.9. The van der Waals surface area contributed by atoms with E-state index in [1.165, 1.54) is 11.3 Å². The number of nitrogens with zero attached hydrogens (tertiary/aromatic N) is 4. The minimum atomic E-state index is -1.10. The highest BCUT2D eigenvalue weighted by molar-refractivity contribution is 7.22. The maximum absolute atomic E-state index is 13.7. The van der Waals surface area contributed by atoms with Gasteiger partial charge in [0.15, 0.2) is 10.8 Å². The molecule has 5 aromatic rings. The minimum absolute atomic E-state index is 0.0111. The lowest BCUT2D eigenvalue weighted by Gasteiger charge is -2.33. The highest BCUT2D eigenvalue weighted by Gasteiger charge is 2.31. The number of carboxylic acids is 1. The molecular weight excluding hydrogens is 775 g/mol. The van der Waals surface area contributed by atoms with Crippen molar-refractivity contribution in [2.75, 3.05) is 36.5 Å². The summed E-state index contributed by atoms with van der Waals surface area (Å²) in [5, 5.41) is 14.3. The summed E-state index contributed by atoms with van der Waals surface area (Å²) in [5.74, 6) is 0.531. The van der Waals surface area contributed by atoms with Crippen molar-refractivity contribution in [3.63, 3.8) is 0 Å². The van der Waals surface area contributed by atoms with Crippen LogP contribution >= 0.6 is 11.3 Å². The highest BCUT2D eigenvalue weighted by Crippen LogP contribution is 2.41. The van der Waals surface area contributed by atoms with Gasteiger partial charge in [0.25, 0.3) is 5.91 Å². The number of nitrogens with one attached hydrogen (secondary N) is 1. The molecule has 1 saturated heterocycles. The Balaban J connectivity index is 1.06. The molecule has 2 amide bonds. The molecule has 0 bridgehead atoms. The van der Waals surface area contributed by atoms with Gasteiger partial charge in [-0.05, 0) is 129 Å². The van der Waals surface area contributed by atoms with E-state index in [9.17, 15) is 19.5 Å². The molecule has 0 unspecified atom stereocenters. The number of likely N-dealkylation sites (tertiary alicyclic amines) is 1. The average Bonchev–Trinajstić information content (AvgIpc) is 3.62. The van der Waals surface area contributed by atoms with Gasteiger partial charge in [0.05, 0.1) is 16.8 Å². The summed E-state index contributed by atoms with van der Waals surface area (Å²) in [6.45, 7) is 17.0. The van der Waals surface area contributed by atoms with Crippen molar-refractivity contribution in [3.8, 4) is 16.9 Å². The van der Waals surface area contributed by atoms with Crippen LogP contribution < -0.4 is 15.0 Å². The van der Waals surface area contributed by atoms with Crippen molar-refractivity contribution < 1.29 is 29.0 Å². The zero-order valence-electron chi connectivity index (χ0n) is 35.9. The van der Waals surface area contributed by atoms with Crippen LogP contribution in [0.15, 0.2) is 66.7 Å². The van der Waals surface area contributed by atoms with E-state index < -0.39 is 17.0 Å². The first kappa shape index (κ1) is 42.6. The Labute approximate surface area is 357 Å². The fourth-order valence-corrected chi connectivity index (χ4v) is 9.14. The third kappa shape index (κ3) is 9.75. The van der Waals surface area contributed by atoms with E-state index in [0.29, 0.717) is 54.1 Å². The Morgan fingerprint density at radius 2 is 1.67 bits per heavy atom. The van der Waals surface area contributed by atoms with E-state index in [4.69, 9.17) is 14.5 Å². The third-order valence-electron chi connectivity index (χ3n) is 11.5. The maximum Gasteiger partial charge on any atom is 0.410 e. The fourth-order valence-electron chi connectivity index (χ4n) is 8.28. The first-order valence-corrected chi connectivity index (χ1v) is 21.9. The Morgan fingerprint density at radius 3 is 2.38 bits per heavy atom. The number of aromatic nitrogens is 2. The number of para-hydroxylation sites is 1. The Bertz CT molecular complexity index is 2350. The highest BCUT2D eigenvalue weighted by atomic mass is 32.1. The molecule has 7 rings (SSSR count). The van der Waals surface area contributed by atoms with E-state index >= 15 is 0 Å². The Morgan fingerprint density at radius 1 is 0.917 bits per heavy atom. The van der Waals surface area contributed by atoms with E-state index in [2.05, 4.69) is 42.0 Å². The molecule has 4 heterocycles. The topological polar surface area (TPSA) is 134 Å². The predicted octanol–water partition coefficient (Wildman–Crippen LogP) is 10.7. The molecule has 0 spiro atoms. The second-order valence-corrected chi connectivity index (χ2v) is 19.1. The number of carbonyl (C=O) groups excluding carboxylic acids is 2. The molecule has 2 aliphatic rings. The van der Waals surface area contributed by atoms with Gasteiger partial charge in [0.2, 0.25) is 0 Å². The van der Waals surface area contributed by atoms with Gasteiger partial charge in [-0.15, -0.1) is 0 Å². The van der Waals surface area contributed by atoms with Crippen LogP contribution in [0.1, 0.15) is 117 Å². The fraction of sp³-hybridized carbons (Fsp3) is 0.438. The molecule has 1 fully saturated rings. The number of amides is 2. The maximum atomic E-state index is 13.7. The van der Waals surface area contributed by atoms with Gasteiger partial charge in [-0.25, -0.2) is 19.6 Å². The summed E-state index contributed by atoms with van der Waals surface area (Å²) in [7, 11) is 0. The molecule has 0 atom stereocenters. The zero-order valence-corrected chi connectivity index (χ0v) is 36.7. The number of anilines is 2. The van der Waals surface area contributed by atoms with Crippen LogP contribution in [0, 0.1) is 12.8 Å². The number of benzene rings is 3. The van der Waals surface area contributed by atoms with Crippen molar-refractivity contribution in [1.29, 1.82) is 0 Å². The van der Waals surface area contributed by atoms with Gasteiger partial charge in [-0.3, -0.25) is 10.1 Å². The van der Waals surface area contributed by atoms with Crippen molar-refractivity contribution in [2.45, 2.75) is 105 Å². The smallest absolute Gasteiger partial charge is 0.410 e. The Hall–Kier alpha value is -5.49. The number of unbranched alkanes of at least 4 members (excludes halogenated alkanes) is 1. The molecule has 11 nitrogen and oxygen atoms in total. The summed E-state index contributed by atoms with van der Waals surface area (Å²) in [4.78, 5) is 52.7. The lowest BCUT2D eigenvalue weighted by Crippen LogP contribution is -2.41. The first-order chi connectivity index (χ1) is 28.6. The van der Waals surface area contributed by atoms with Crippen LogP contribution in [-0.2, 0) is 23.1 Å². The average molecular weight is 832 g/mol. The minimum Gasteiger partial charge on any atom is -0.493 e. The monoisotopic (exact) mass is 831 g/mol. The van der Waals surface area contributed by atoms with E-state index in [1.807, 2.05) is 93.3 Å². The van der Waals surface area contributed by atoms with Crippen molar-refractivity contribution in [3.05, 3.63) is 100 Å². The number of carboxylic acid groups (broad SMARTS) is 1. The number of rotatable bonds is 11. The first-order valence-electron chi connectivity index (χ1n) is 21.1. The number of hydrogen-bond acceptors (Lipinski definition) is 9. The van der Waals surface area contributed by atoms with Gasteiger partial charge < -0.3 is 24.4 Å². The lowest BCUT2D eigenvalue weighted by atomic mass is 9.80. The van der Waals surface area contributed by atoms with E-state index in [-0.39, 0.29) is 17.7 Å². The summed E-state index contributed by atoms with van der Waals surface area (Å²) in [6.07, 6.45) is 5.41. The summed E-state index contributed by atoms with van der Waals surface area (Å²) >= 11 is 1.44. The summed E-state index contributed by atoms with van der Waals surface area (Å²) in [5.41, 5.74) is 5.56. The molecule has 60 heavy (non-hydrogen) atoms. The quantitative estimate of drug-likeness (QED) is 0.125. The molecule has 2 aliphatic heterocycles. The number of thiazole rings is 1. The van der Waals surface area contributed by atoms with Gasteiger partial charge in [0.1, 0.15) is 17.2 Å². The number of aromatic carboxylic acids is 1. The largest absolute Gasteiger partial charge is 0.493 e. The number of piperidine rings is 1. The van der Waals surface area contributed by atoms with Crippen molar-refractivity contribution >= 4 is 50.5 Å². The molecule has 0 aliphatic carbocycles. The molecule has 0 saturated carbocycles. The second kappa shape index (κ2) is 17.6. The normalized spacial score (nSPS) is 14.8. The molecule has 2 aromatic heterocycles. The van der Waals surface area contributed by atoms with Crippen LogP contribution in [0.4, 0.5) is 15.7 Å². The van der Waals surface area contributed by atoms with Crippen molar-refractivity contribution in [1.82, 2.24) is 14.9 Å². The van der Waals surface area contributed by atoms with Gasteiger partial charge in [0, 0.05) is 37.3 Å². The van der Waals surface area contributed by atoms with E-state index in [1.54, 1.807) is 0 Å². The summed E-state index contributed by atoms with van der Waals surface area (Å²) in [6, 6.07) is 21.4. The number of pyridine rings is 1. The lowest BCUT2D eigenvalue weighted by molar-refractivity contribution is 0.0180. The van der Waals surface area contributed by atoms with Crippen LogP contribution in [0.2, 0.25) is 0 Å². The van der Waals surface area contributed by atoms with Crippen molar-refractivity contribution in [2.24, 2.45) is 5.92 Å². The van der Waals surface area contributed by atoms with Crippen LogP contribution in [0.5, 0.6) is 5.75 Å². The molecule has 316 valence electrons. The van der Waals surface area contributed by atoms with Crippen LogP contribution in [-0.4, -0.2) is 69.8 Å². The number of fused-ring (bicyclic) bond motifs is 2. The van der Waals surface area contributed by atoms with Gasteiger partial charge in [-0.2, -0.15) is 0 Å².